The van der Waals surface area contributed by atoms with Crippen LogP contribution in [-0.4, -0.2) is 23.8 Å². The molecule has 0 atom stereocenters. The van der Waals surface area contributed by atoms with Crippen LogP contribution in [0.2, 0.25) is 0 Å². The van der Waals surface area contributed by atoms with Gasteiger partial charge in [0.15, 0.2) is 0 Å². The summed E-state index contributed by atoms with van der Waals surface area (Å²) in [4.78, 5) is 2.24. The van der Waals surface area contributed by atoms with E-state index >= 15 is 0 Å². The van der Waals surface area contributed by atoms with Crippen LogP contribution in [0.1, 0.15) is 61.8 Å². The molecular weight excluding hydrogens is 304 g/mol. The largest absolute Gasteiger partial charge is 0.357 e. The van der Waals surface area contributed by atoms with E-state index in [4.69, 9.17) is 5.41 Å². The number of hydrogen-bond donors (Lipinski definition) is 1. The lowest BCUT2D eigenvalue weighted by Gasteiger charge is -2.34. The molecule has 2 nitrogen and oxygen atoms in total. The molecule has 1 aliphatic rings. The molecule has 0 radical (unpaired) electrons. The SMILES string of the molecule is Cc1ccccc1C1CCN(C(=N)c2ccc(C(C)(C)C)cc2)CC1. The molecular formula is C23H30N2. The third-order valence-electron chi connectivity index (χ3n) is 5.46. The summed E-state index contributed by atoms with van der Waals surface area (Å²) in [6.07, 6.45) is 2.26. The molecule has 0 spiro atoms. The van der Waals surface area contributed by atoms with Crippen LogP contribution in [0.5, 0.6) is 0 Å². The smallest absolute Gasteiger partial charge is 0.128 e. The Bertz CT molecular complexity index is 729. The first-order chi connectivity index (χ1) is 11.9. The molecule has 0 amide bonds. The molecule has 1 heterocycles. The van der Waals surface area contributed by atoms with Gasteiger partial charge in [-0.1, -0.05) is 69.3 Å². The standard InChI is InChI=1S/C23H30N2/c1-17-7-5-6-8-21(17)18-13-15-25(16-14-18)22(24)19-9-11-20(12-10-19)23(2,3)4/h5-12,18,24H,13-16H2,1-4H3. The van der Waals surface area contributed by atoms with E-state index in [1.807, 2.05) is 0 Å². The first-order valence-corrected chi connectivity index (χ1v) is 9.36. The summed E-state index contributed by atoms with van der Waals surface area (Å²) in [6.45, 7) is 10.8. The van der Waals surface area contributed by atoms with Crippen LogP contribution in [0.4, 0.5) is 0 Å². The number of hydrogen-bond acceptors (Lipinski definition) is 1. The zero-order valence-corrected chi connectivity index (χ0v) is 16.0. The molecule has 2 heteroatoms. The van der Waals surface area contributed by atoms with Gasteiger partial charge in [-0.25, -0.2) is 0 Å². The van der Waals surface area contributed by atoms with Crippen molar-refractivity contribution in [2.24, 2.45) is 0 Å². The van der Waals surface area contributed by atoms with Crippen molar-refractivity contribution in [1.29, 1.82) is 5.41 Å². The van der Waals surface area contributed by atoms with Gasteiger partial charge < -0.3 is 4.90 Å². The number of rotatable bonds is 2. The van der Waals surface area contributed by atoms with Gasteiger partial charge in [0.2, 0.25) is 0 Å². The Morgan fingerprint density at radius 2 is 1.56 bits per heavy atom. The second-order valence-corrected chi connectivity index (χ2v) is 8.29. The van der Waals surface area contributed by atoms with E-state index in [0.717, 1.165) is 31.5 Å². The number of benzene rings is 2. The number of nitrogens with zero attached hydrogens (tertiary/aromatic N) is 1. The second-order valence-electron chi connectivity index (χ2n) is 8.29. The predicted octanol–water partition coefficient (Wildman–Crippen LogP) is 5.50. The Balaban J connectivity index is 1.65. The molecule has 2 aromatic rings. The van der Waals surface area contributed by atoms with Gasteiger partial charge in [0.25, 0.3) is 0 Å². The van der Waals surface area contributed by atoms with Crippen molar-refractivity contribution >= 4 is 5.84 Å². The maximum Gasteiger partial charge on any atom is 0.128 e. The van der Waals surface area contributed by atoms with E-state index in [-0.39, 0.29) is 5.41 Å². The van der Waals surface area contributed by atoms with E-state index < -0.39 is 0 Å². The lowest BCUT2D eigenvalue weighted by atomic mass is 9.86. The lowest BCUT2D eigenvalue weighted by Crippen LogP contribution is -2.38. The summed E-state index contributed by atoms with van der Waals surface area (Å²) in [7, 11) is 0. The van der Waals surface area contributed by atoms with Crippen LogP contribution in [0.15, 0.2) is 48.5 Å². The Labute approximate surface area is 152 Å². The zero-order valence-electron chi connectivity index (χ0n) is 16.0. The molecule has 25 heavy (non-hydrogen) atoms. The Hall–Kier alpha value is -2.09. The first kappa shape index (κ1) is 17.7. The van der Waals surface area contributed by atoms with Crippen LogP contribution < -0.4 is 0 Å². The number of aryl methyl sites for hydroxylation is 1. The topological polar surface area (TPSA) is 27.1 Å². The monoisotopic (exact) mass is 334 g/mol. The van der Waals surface area contributed by atoms with Gasteiger partial charge in [0.05, 0.1) is 0 Å². The summed E-state index contributed by atoms with van der Waals surface area (Å²) in [6, 6.07) is 17.3. The number of piperidine rings is 1. The third-order valence-corrected chi connectivity index (χ3v) is 5.46. The minimum atomic E-state index is 0.159. The molecule has 3 rings (SSSR count). The quantitative estimate of drug-likeness (QED) is 0.570. The molecule has 1 saturated heterocycles. The van der Waals surface area contributed by atoms with Gasteiger partial charge in [-0.3, -0.25) is 5.41 Å². The van der Waals surface area contributed by atoms with Gasteiger partial charge in [0, 0.05) is 18.7 Å². The van der Waals surface area contributed by atoms with E-state index in [1.165, 1.54) is 16.7 Å². The predicted molar refractivity (Wildman–Crippen MR) is 107 cm³/mol. The summed E-state index contributed by atoms with van der Waals surface area (Å²) in [5.41, 5.74) is 5.40. The van der Waals surface area contributed by atoms with Crippen molar-refractivity contribution in [1.82, 2.24) is 4.90 Å². The summed E-state index contributed by atoms with van der Waals surface area (Å²) in [5, 5.41) is 8.59. The minimum Gasteiger partial charge on any atom is -0.357 e. The van der Waals surface area contributed by atoms with Gasteiger partial charge in [-0.05, 0) is 47.8 Å². The molecule has 0 aromatic heterocycles. The molecule has 0 aliphatic carbocycles. The van der Waals surface area contributed by atoms with Gasteiger partial charge in [-0.2, -0.15) is 0 Å². The fourth-order valence-electron chi connectivity index (χ4n) is 3.77. The van der Waals surface area contributed by atoms with Gasteiger partial charge in [-0.15, -0.1) is 0 Å². The highest BCUT2D eigenvalue weighted by molar-refractivity contribution is 5.96. The number of nitrogens with one attached hydrogen (secondary N) is 1. The average Bonchev–Trinajstić information content (AvgIpc) is 2.61. The average molecular weight is 335 g/mol. The summed E-state index contributed by atoms with van der Waals surface area (Å²) >= 11 is 0. The molecule has 0 bridgehead atoms. The van der Waals surface area contributed by atoms with Crippen LogP contribution in [0.3, 0.4) is 0 Å². The van der Waals surface area contributed by atoms with Gasteiger partial charge in [0.1, 0.15) is 5.84 Å². The second kappa shape index (κ2) is 7.03. The number of amidine groups is 1. The molecule has 1 N–H and O–H groups in total. The van der Waals surface area contributed by atoms with E-state index in [2.05, 4.69) is 81.1 Å². The Morgan fingerprint density at radius 3 is 2.12 bits per heavy atom. The lowest BCUT2D eigenvalue weighted by molar-refractivity contribution is 0.312. The highest BCUT2D eigenvalue weighted by atomic mass is 15.2. The summed E-state index contributed by atoms with van der Waals surface area (Å²) in [5.74, 6) is 1.30. The molecule has 132 valence electrons. The molecule has 0 saturated carbocycles. The van der Waals surface area contributed by atoms with Crippen molar-refractivity contribution in [3.63, 3.8) is 0 Å². The van der Waals surface area contributed by atoms with Crippen LogP contribution in [-0.2, 0) is 5.41 Å². The maximum atomic E-state index is 8.59. The van der Waals surface area contributed by atoms with E-state index in [0.29, 0.717) is 11.8 Å². The molecule has 0 unspecified atom stereocenters. The van der Waals surface area contributed by atoms with E-state index in [1.54, 1.807) is 0 Å². The van der Waals surface area contributed by atoms with Crippen molar-refractivity contribution in [2.75, 3.05) is 13.1 Å². The van der Waals surface area contributed by atoms with Crippen molar-refractivity contribution in [2.45, 2.75) is 51.9 Å². The van der Waals surface area contributed by atoms with E-state index in [9.17, 15) is 0 Å². The Morgan fingerprint density at radius 1 is 0.960 bits per heavy atom. The fraction of sp³-hybridized carbons (Fsp3) is 0.435. The first-order valence-electron chi connectivity index (χ1n) is 9.36. The normalized spacial score (nSPS) is 16.1. The minimum absolute atomic E-state index is 0.159. The van der Waals surface area contributed by atoms with Crippen molar-refractivity contribution < 1.29 is 0 Å². The molecule has 1 fully saturated rings. The van der Waals surface area contributed by atoms with Crippen LogP contribution in [0.25, 0.3) is 0 Å². The molecule has 1 aliphatic heterocycles. The van der Waals surface area contributed by atoms with Crippen molar-refractivity contribution in [3.05, 3.63) is 70.8 Å². The highest BCUT2D eigenvalue weighted by Gasteiger charge is 2.24. The van der Waals surface area contributed by atoms with Crippen LogP contribution >= 0.6 is 0 Å². The summed E-state index contributed by atoms with van der Waals surface area (Å²) < 4.78 is 0. The van der Waals surface area contributed by atoms with Crippen molar-refractivity contribution in [3.8, 4) is 0 Å². The fourth-order valence-corrected chi connectivity index (χ4v) is 3.77. The number of likely N-dealkylation sites (tertiary alicyclic amines) is 1. The van der Waals surface area contributed by atoms with Crippen LogP contribution in [0, 0.1) is 12.3 Å². The Kier molecular flexibility index (Phi) is 4.99. The highest BCUT2D eigenvalue weighted by Crippen LogP contribution is 2.30. The zero-order chi connectivity index (χ0) is 18.0. The maximum absolute atomic E-state index is 8.59. The molecule has 2 aromatic carbocycles. The third kappa shape index (κ3) is 3.95. The van der Waals surface area contributed by atoms with Gasteiger partial charge >= 0.3 is 0 Å².